The van der Waals surface area contributed by atoms with Crippen LogP contribution in [0.25, 0.3) is 10.8 Å². The second-order valence-corrected chi connectivity index (χ2v) is 5.03. The third-order valence-corrected chi connectivity index (χ3v) is 3.52. The zero-order chi connectivity index (χ0) is 13.9. The molecule has 0 bridgehead atoms. The molecule has 2 heterocycles. The number of nitrogens with zero attached hydrogens (tertiary/aromatic N) is 3. The summed E-state index contributed by atoms with van der Waals surface area (Å²) in [5.74, 6) is 0. The smallest absolute Gasteiger partial charge is 0.0814 e. The van der Waals surface area contributed by atoms with Crippen LogP contribution in [0.1, 0.15) is 23.7 Å². The molecule has 0 aliphatic rings. The molecule has 0 spiro atoms. The number of benzene rings is 1. The molecule has 0 aliphatic carbocycles. The normalized spacial score (nSPS) is 12.7. The van der Waals surface area contributed by atoms with E-state index in [1.54, 1.807) is 10.9 Å². The summed E-state index contributed by atoms with van der Waals surface area (Å²) in [7, 11) is 1.90. The van der Waals surface area contributed by atoms with E-state index in [1.165, 1.54) is 0 Å². The maximum absolute atomic E-state index is 10.4. The molecule has 1 aromatic carbocycles. The van der Waals surface area contributed by atoms with Crippen molar-refractivity contribution in [2.75, 3.05) is 0 Å². The van der Waals surface area contributed by atoms with Gasteiger partial charge in [-0.3, -0.25) is 9.67 Å². The van der Waals surface area contributed by atoms with Crippen molar-refractivity contribution in [3.8, 4) is 0 Å². The van der Waals surface area contributed by atoms with E-state index in [0.717, 1.165) is 28.3 Å². The third kappa shape index (κ3) is 2.56. The van der Waals surface area contributed by atoms with E-state index in [4.69, 9.17) is 0 Å². The van der Waals surface area contributed by atoms with Crippen LogP contribution in [0, 0.1) is 0 Å². The second-order valence-electron chi connectivity index (χ2n) is 5.03. The Labute approximate surface area is 117 Å². The van der Waals surface area contributed by atoms with Crippen LogP contribution >= 0.6 is 0 Å². The highest BCUT2D eigenvalue weighted by atomic mass is 16.3. The monoisotopic (exact) mass is 267 g/mol. The number of aromatic nitrogens is 3. The number of rotatable bonds is 4. The Morgan fingerprint density at radius 3 is 2.85 bits per heavy atom. The van der Waals surface area contributed by atoms with Crippen molar-refractivity contribution in [2.24, 2.45) is 7.05 Å². The minimum atomic E-state index is -0.506. The largest absolute Gasteiger partial charge is 0.388 e. The molecule has 0 saturated heterocycles. The number of hydrogen-bond acceptors (Lipinski definition) is 3. The summed E-state index contributed by atoms with van der Waals surface area (Å²) in [4.78, 5) is 4.22. The Morgan fingerprint density at radius 2 is 2.05 bits per heavy atom. The van der Waals surface area contributed by atoms with Crippen LogP contribution < -0.4 is 0 Å². The number of pyridine rings is 1. The first kappa shape index (κ1) is 12.8. The lowest BCUT2D eigenvalue weighted by molar-refractivity contribution is 0.169. The molecule has 0 radical (unpaired) electrons. The van der Waals surface area contributed by atoms with Crippen LogP contribution in [0.5, 0.6) is 0 Å². The van der Waals surface area contributed by atoms with E-state index in [1.807, 2.05) is 49.9 Å². The minimum Gasteiger partial charge on any atom is -0.388 e. The van der Waals surface area contributed by atoms with Crippen LogP contribution in [-0.2, 0) is 13.5 Å². The van der Waals surface area contributed by atoms with Gasteiger partial charge >= 0.3 is 0 Å². The highest BCUT2D eigenvalue weighted by Crippen LogP contribution is 2.26. The van der Waals surface area contributed by atoms with E-state index in [-0.39, 0.29) is 0 Å². The summed E-state index contributed by atoms with van der Waals surface area (Å²) in [6, 6.07) is 8.01. The molecule has 0 fully saturated rings. The molecule has 2 aromatic heterocycles. The number of fused-ring (bicyclic) bond motifs is 1. The van der Waals surface area contributed by atoms with Crippen molar-refractivity contribution >= 4 is 10.8 Å². The molecule has 20 heavy (non-hydrogen) atoms. The molecule has 0 saturated carbocycles. The minimum absolute atomic E-state index is 0.506. The lowest BCUT2D eigenvalue weighted by Crippen LogP contribution is -2.01. The van der Waals surface area contributed by atoms with Gasteiger partial charge in [-0.1, -0.05) is 24.3 Å². The fraction of sp³-hybridized carbons (Fsp3) is 0.250. The molecule has 1 unspecified atom stereocenters. The van der Waals surface area contributed by atoms with E-state index in [9.17, 15) is 5.11 Å². The zero-order valence-electron chi connectivity index (χ0n) is 11.4. The van der Waals surface area contributed by atoms with Crippen LogP contribution in [0.4, 0.5) is 0 Å². The molecule has 4 heteroatoms. The Balaban J connectivity index is 1.80. The van der Waals surface area contributed by atoms with Crippen molar-refractivity contribution in [1.29, 1.82) is 0 Å². The van der Waals surface area contributed by atoms with E-state index in [2.05, 4.69) is 10.1 Å². The maximum Gasteiger partial charge on any atom is 0.0814 e. The van der Waals surface area contributed by atoms with Crippen LogP contribution in [0.15, 0.2) is 49.1 Å². The van der Waals surface area contributed by atoms with Gasteiger partial charge in [0.2, 0.25) is 0 Å². The number of hydrogen-bond donors (Lipinski definition) is 1. The van der Waals surface area contributed by atoms with Gasteiger partial charge in [-0.2, -0.15) is 5.10 Å². The predicted octanol–water partition coefficient (Wildman–Crippen LogP) is 2.63. The van der Waals surface area contributed by atoms with Crippen molar-refractivity contribution in [3.05, 3.63) is 60.2 Å². The average Bonchev–Trinajstić information content (AvgIpc) is 2.90. The van der Waals surface area contributed by atoms with Gasteiger partial charge < -0.3 is 5.11 Å². The zero-order valence-corrected chi connectivity index (χ0v) is 11.4. The molecular formula is C16H17N3O. The molecule has 3 aromatic rings. The summed E-state index contributed by atoms with van der Waals surface area (Å²) in [5.41, 5.74) is 2.03. The van der Waals surface area contributed by atoms with Crippen molar-refractivity contribution in [2.45, 2.75) is 18.9 Å². The van der Waals surface area contributed by atoms with Crippen molar-refractivity contribution in [1.82, 2.24) is 14.8 Å². The van der Waals surface area contributed by atoms with Crippen LogP contribution in [-0.4, -0.2) is 19.9 Å². The summed E-state index contributed by atoms with van der Waals surface area (Å²) >= 11 is 0. The summed E-state index contributed by atoms with van der Waals surface area (Å²) in [6.07, 6.45) is 8.37. The third-order valence-electron chi connectivity index (χ3n) is 3.52. The van der Waals surface area contributed by atoms with Gasteiger partial charge in [0.1, 0.15) is 0 Å². The molecule has 102 valence electrons. The Bertz CT molecular complexity index is 715. The SMILES string of the molecule is Cn1cc(CCC(O)c2cncc3ccccc23)cn1. The van der Waals surface area contributed by atoms with E-state index >= 15 is 0 Å². The first-order valence-corrected chi connectivity index (χ1v) is 6.72. The summed E-state index contributed by atoms with van der Waals surface area (Å²) in [5, 5.41) is 16.7. The van der Waals surface area contributed by atoms with Gasteiger partial charge in [0.05, 0.1) is 12.3 Å². The number of aryl methyl sites for hydroxylation is 2. The average molecular weight is 267 g/mol. The summed E-state index contributed by atoms with van der Waals surface area (Å²) < 4.78 is 1.78. The highest BCUT2D eigenvalue weighted by Gasteiger charge is 2.12. The first-order valence-electron chi connectivity index (χ1n) is 6.72. The second kappa shape index (κ2) is 5.43. The summed E-state index contributed by atoms with van der Waals surface area (Å²) in [6.45, 7) is 0. The standard InChI is InChI=1S/C16H17N3O/c1-19-11-12(8-18-19)6-7-16(20)15-10-17-9-13-4-2-3-5-14(13)15/h2-5,8-11,16,20H,6-7H2,1H3. The lowest BCUT2D eigenvalue weighted by Gasteiger charge is -2.12. The van der Waals surface area contributed by atoms with E-state index in [0.29, 0.717) is 6.42 Å². The van der Waals surface area contributed by atoms with Gasteiger partial charge in [0, 0.05) is 36.6 Å². The van der Waals surface area contributed by atoms with Gasteiger partial charge in [-0.25, -0.2) is 0 Å². The van der Waals surface area contributed by atoms with Gasteiger partial charge in [0.15, 0.2) is 0 Å². The molecule has 0 amide bonds. The van der Waals surface area contributed by atoms with Gasteiger partial charge in [-0.15, -0.1) is 0 Å². The highest BCUT2D eigenvalue weighted by molar-refractivity contribution is 5.84. The number of aliphatic hydroxyl groups excluding tert-OH is 1. The lowest BCUT2D eigenvalue weighted by atomic mass is 9.99. The fourth-order valence-corrected chi connectivity index (χ4v) is 2.47. The molecule has 4 nitrogen and oxygen atoms in total. The molecule has 1 atom stereocenters. The van der Waals surface area contributed by atoms with Crippen LogP contribution in [0.3, 0.4) is 0 Å². The maximum atomic E-state index is 10.4. The fourth-order valence-electron chi connectivity index (χ4n) is 2.47. The van der Waals surface area contributed by atoms with Crippen molar-refractivity contribution < 1.29 is 5.11 Å². The van der Waals surface area contributed by atoms with Gasteiger partial charge in [0.25, 0.3) is 0 Å². The Morgan fingerprint density at radius 1 is 1.20 bits per heavy atom. The molecular weight excluding hydrogens is 250 g/mol. The molecule has 1 N–H and O–H groups in total. The first-order chi connectivity index (χ1) is 9.74. The molecule has 0 aliphatic heterocycles. The number of aliphatic hydroxyl groups is 1. The Hall–Kier alpha value is -2.20. The van der Waals surface area contributed by atoms with Gasteiger partial charge in [-0.05, 0) is 23.8 Å². The predicted molar refractivity (Wildman–Crippen MR) is 78.2 cm³/mol. The quantitative estimate of drug-likeness (QED) is 0.790. The van der Waals surface area contributed by atoms with Crippen molar-refractivity contribution in [3.63, 3.8) is 0 Å². The Kier molecular flexibility index (Phi) is 3.48. The van der Waals surface area contributed by atoms with Crippen LogP contribution in [0.2, 0.25) is 0 Å². The van der Waals surface area contributed by atoms with E-state index < -0.39 is 6.10 Å². The topological polar surface area (TPSA) is 50.9 Å². The molecule has 3 rings (SSSR count).